The zero-order valence-corrected chi connectivity index (χ0v) is 20.5. The molecule has 9 heteroatoms. The van der Waals surface area contributed by atoms with E-state index in [9.17, 15) is 4.79 Å². The Labute approximate surface area is 188 Å². The van der Waals surface area contributed by atoms with Crippen molar-refractivity contribution in [3.63, 3.8) is 0 Å². The molecular formula is C18H31ClIN5OS. The highest BCUT2D eigenvalue weighted by molar-refractivity contribution is 14.0. The third-order valence-electron chi connectivity index (χ3n) is 4.53. The molecule has 6 nitrogen and oxygen atoms in total. The Bertz CT molecular complexity index is 629. The standard InChI is InChI=1S/C18H30ClN5OS.HI/c1-5-21-16(25)18(2,3)13-22-17(20-4)24-10-8-23(9-11-24)12-14-6-7-15(19)26-14;/h6-7H,5,8-13H2,1-4H3,(H,20,22)(H,21,25);1H. The Morgan fingerprint density at radius 1 is 1.26 bits per heavy atom. The van der Waals surface area contributed by atoms with Gasteiger partial charge in [-0.05, 0) is 32.9 Å². The lowest BCUT2D eigenvalue weighted by Crippen LogP contribution is -2.54. The minimum atomic E-state index is -0.480. The molecule has 0 unspecified atom stereocenters. The molecular weight excluding hydrogens is 497 g/mol. The van der Waals surface area contributed by atoms with Crippen LogP contribution in [0.1, 0.15) is 25.6 Å². The average Bonchev–Trinajstić information content (AvgIpc) is 3.02. The quantitative estimate of drug-likeness (QED) is 0.339. The van der Waals surface area contributed by atoms with Crippen LogP contribution in [0.5, 0.6) is 0 Å². The Kier molecular flexibility index (Phi) is 10.4. The predicted octanol–water partition coefficient (Wildman–Crippen LogP) is 2.87. The summed E-state index contributed by atoms with van der Waals surface area (Å²) in [4.78, 5) is 22.5. The van der Waals surface area contributed by atoms with Crippen LogP contribution >= 0.6 is 46.9 Å². The molecule has 1 amide bonds. The summed E-state index contributed by atoms with van der Waals surface area (Å²) < 4.78 is 0.845. The lowest BCUT2D eigenvalue weighted by atomic mass is 9.92. The summed E-state index contributed by atoms with van der Waals surface area (Å²) in [5.41, 5.74) is -0.480. The van der Waals surface area contributed by atoms with E-state index in [-0.39, 0.29) is 29.9 Å². The SMILES string of the molecule is CCNC(=O)C(C)(C)CNC(=NC)N1CCN(Cc2ccc(Cl)s2)CC1.I. The second kappa shape index (κ2) is 11.4. The first-order chi connectivity index (χ1) is 12.4. The summed E-state index contributed by atoms with van der Waals surface area (Å²) in [6, 6.07) is 4.06. The van der Waals surface area contributed by atoms with E-state index in [2.05, 4.69) is 31.5 Å². The maximum atomic E-state index is 12.1. The van der Waals surface area contributed by atoms with E-state index >= 15 is 0 Å². The van der Waals surface area contributed by atoms with Gasteiger partial charge in [-0.15, -0.1) is 35.3 Å². The molecule has 1 aromatic rings. The molecule has 0 saturated carbocycles. The van der Waals surface area contributed by atoms with Crippen LogP contribution in [0.2, 0.25) is 4.34 Å². The van der Waals surface area contributed by atoms with Crippen molar-refractivity contribution in [2.24, 2.45) is 10.4 Å². The van der Waals surface area contributed by atoms with Crippen molar-refractivity contribution in [2.75, 3.05) is 46.3 Å². The molecule has 0 bridgehead atoms. The topological polar surface area (TPSA) is 60.0 Å². The number of hydrogen-bond donors (Lipinski definition) is 2. The highest BCUT2D eigenvalue weighted by atomic mass is 127. The van der Waals surface area contributed by atoms with E-state index in [1.165, 1.54) is 4.88 Å². The third-order valence-corrected chi connectivity index (χ3v) is 5.75. The number of amides is 1. The number of carbonyl (C=O) groups is 1. The first-order valence-corrected chi connectivity index (χ1v) is 10.3. The summed E-state index contributed by atoms with van der Waals surface area (Å²) in [7, 11) is 1.79. The average molecular weight is 528 g/mol. The van der Waals surface area contributed by atoms with Crippen molar-refractivity contribution in [2.45, 2.75) is 27.3 Å². The Morgan fingerprint density at radius 2 is 1.93 bits per heavy atom. The molecule has 1 fully saturated rings. The minimum Gasteiger partial charge on any atom is -0.356 e. The van der Waals surface area contributed by atoms with Crippen LogP contribution in [-0.4, -0.2) is 68.0 Å². The van der Waals surface area contributed by atoms with Gasteiger partial charge in [0.2, 0.25) is 5.91 Å². The van der Waals surface area contributed by atoms with Gasteiger partial charge in [0, 0.05) is 57.7 Å². The molecule has 2 heterocycles. The molecule has 1 aliphatic heterocycles. The van der Waals surface area contributed by atoms with Crippen molar-refractivity contribution >= 4 is 58.8 Å². The van der Waals surface area contributed by atoms with Crippen LogP contribution in [0.3, 0.4) is 0 Å². The first kappa shape index (κ1) is 24.5. The van der Waals surface area contributed by atoms with E-state index in [0.717, 1.165) is 43.0 Å². The second-order valence-electron chi connectivity index (χ2n) is 7.11. The molecule has 1 aromatic heterocycles. The molecule has 0 atom stereocenters. The van der Waals surface area contributed by atoms with Gasteiger partial charge in [0.05, 0.1) is 9.75 Å². The first-order valence-electron chi connectivity index (χ1n) is 9.06. The molecule has 0 aromatic carbocycles. The molecule has 2 rings (SSSR count). The fourth-order valence-corrected chi connectivity index (χ4v) is 4.02. The smallest absolute Gasteiger partial charge is 0.227 e. The summed E-state index contributed by atoms with van der Waals surface area (Å²) in [5, 5.41) is 6.26. The van der Waals surface area contributed by atoms with Gasteiger partial charge in [0.25, 0.3) is 0 Å². The van der Waals surface area contributed by atoms with E-state index in [0.29, 0.717) is 13.1 Å². The predicted molar refractivity (Wildman–Crippen MR) is 125 cm³/mol. The molecule has 1 aliphatic rings. The van der Waals surface area contributed by atoms with Gasteiger partial charge in [0.15, 0.2) is 5.96 Å². The van der Waals surface area contributed by atoms with Crippen LogP contribution in [0, 0.1) is 5.41 Å². The minimum absolute atomic E-state index is 0. The van der Waals surface area contributed by atoms with Crippen molar-refractivity contribution < 1.29 is 4.79 Å². The number of halogens is 2. The van der Waals surface area contributed by atoms with E-state index in [1.807, 2.05) is 26.8 Å². The van der Waals surface area contributed by atoms with Crippen LogP contribution in [0.25, 0.3) is 0 Å². The number of guanidine groups is 1. The summed E-state index contributed by atoms with van der Waals surface area (Å²) in [6.45, 7) is 11.8. The van der Waals surface area contributed by atoms with Crippen LogP contribution in [0.4, 0.5) is 0 Å². The molecule has 154 valence electrons. The monoisotopic (exact) mass is 527 g/mol. The van der Waals surface area contributed by atoms with E-state index < -0.39 is 5.41 Å². The number of carbonyl (C=O) groups excluding carboxylic acids is 1. The van der Waals surface area contributed by atoms with Crippen LogP contribution in [-0.2, 0) is 11.3 Å². The fraction of sp³-hybridized carbons (Fsp3) is 0.667. The van der Waals surface area contributed by atoms with Crippen molar-refractivity contribution in [1.82, 2.24) is 20.4 Å². The Balaban J connectivity index is 0.00000364. The zero-order chi connectivity index (χ0) is 19.2. The number of piperazine rings is 1. The highest BCUT2D eigenvalue weighted by Gasteiger charge is 2.28. The van der Waals surface area contributed by atoms with Gasteiger partial charge in [-0.2, -0.15) is 0 Å². The molecule has 2 N–H and O–H groups in total. The maximum absolute atomic E-state index is 12.1. The van der Waals surface area contributed by atoms with Gasteiger partial charge in [0.1, 0.15) is 0 Å². The number of rotatable bonds is 6. The van der Waals surface area contributed by atoms with Crippen molar-refractivity contribution in [1.29, 1.82) is 0 Å². The zero-order valence-electron chi connectivity index (χ0n) is 16.5. The van der Waals surface area contributed by atoms with E-state index in [4.69, 9.17) is 11.6 Å². The van der Waals surface area contributed by atoms with Crippen molar-refractivity contribution in [3.05, 3.63) is 21.3 Å². The van der Waals surface area contributed by atoms with Gasteiger partial charge >= 0.3 is 0 Å². The number of aliphatic imine (C=N–C) groups is 1. The highest BCUT2D eigenvalue weighted by Crippen LogP contribution is 2.23. The number of thiophene rings is 1. The lowest BCUT2D eigenvalue weighted by molar-refractivity contribution is -0.128. The van der Waals surface area contributed by atoms with Crippen LogP contribution < -0.4 is 10.6 Å². The van der Waals surface area contributed by atoms with Gasteiger partial charge in [-0.25, -0.2) is 0 Å². The van der Waals surface area contributed by atoms with Gasteiger partial charge in [-0.1, -0.05) is 11.6 Å². The second-order valence-corrected chi connectivity index (χ2v) is 8.91. The van der Waals surface area contributed by atoms with E-state index in [1.54, 1.807) is 18.4 Å². The lowest BCUT2D eigenvalue weighted by Gasteiger charge is -2.37. The Morgan fingerprint density at radius 3 is 2.44 bits per heavy atom. The fourth-order valence-electron chi connectivity index (χ4n) is 2.89. The number of nitrogens with one attached hydrogen (secondary N) is 2. The maximum Gasteiger partial charge on any atom is 0.227 e. The Hall–Kier alpha value is -0.580. The number of nitrogens with zero attached hydrogens (tertiary/aromatic N) is 3. The molecule has 27 heavy (non-hydrogen) atoms. The number of hydrogen-bond acceptors (Lipinski definition) is 4. The van der Waals surface area contributed by atoms with Gasteiger partial charge < -0.3 is 15.5 Å². The summed E-state index contributed by atoms with van der Waals surface area (Å²) >= 11 is 7.66. The normalized spacial score (nSPS) is 16.0. The van der Waals surface area contributed by atoms with Crippen LogP contribution in [0.15, 0.2) is 17.1 Å². The van der Waals surface area contributed by atoms with Gasteiger partial charge in [-0.3, -0.25) is 14.7 Å². The summed E-state index contributed by atoms with van der Waals surface area (Å²) in [6.07, 6.45) is 0. The largest absolute Gasteiger partial charge is 0.356 e. The molecule has 0 radical (unpaired) electrons. The third kappa shape index (κ3) is 7.40. The summed E-state index contributed by atoms with van der Waals surface area (Å²) in [5.74, 6) is 0.920. The van der Waals surface area contributed by atoms with Crippen molar-refractivity contribution in [3.8, 4) is 0 Å². The molecule has 0 spiro atoms. The molecule has 0 aliphatic carbocycles. The molecule has 1 saturated heterocycles.